The van der Waals surface area contributed by atoms with Crippen molar-refractivity contribution in [2.24, 2.45) is 4.99 Å². The third-order valence-corrected chi connectivity index (χ3v) is 12.3. The Bertz CT molecular complexity index is 2370. The van der Waals surface area contributed by atoms with E-state index in [0.29, 0.717) is 0 Å². The van der Waals surface area contributed by atoms with Crippen LogP contribution >= 0.6 is 0 Å². The number of nitrogens with zero attached hydrogens (tertiary/aromatic N) is 1. The minimum absolute atomic E-state index is 0.0106. The molecule has 1 atom stereocenters. The van der Waals surface area contributed by atoms with Crippen LogP contribution in [0, 0.1) is 0 Å². The number of benzene rings is 6. The highest BCUT2D eigenvalue weighted by Gasteiger charge is 2.46. The summed E-state index contributed by atoms with van der Waals surface area (Å²) in [4.78, 5) is 5.12. The number of allylic oxidation sites excluding steroid dienone is 1. The Hall–Kier alpha value is -5.47. The molecule has 1 aliphatic heterocycles. The van der Waals surface area contributed by atoms with E-state index >= 15 is 0 Å². The van der Waals surface area contributed by atoms with Crippen LogP contribution in [-0.2, 0) is 10.8 Å². The van der Waals surface area contributed by atoms with Gasteiger partial charge in [-0.05, 0) is 109 Å². The second kappa shape index (κ2) is 11.5. The Labute approximate surface area is 301 Å². The molecule has 2 heteroatoms. The van der Waals surface area contributed by atoms with E-state index < -0.39 is 0 Å². The molecule has 0 amide bonds. The van der Waals surface area contributed by atoms with Crippen molar-refractivity contribution >= 4 is 11.4 Å². The molecule has 4 aliphatic rings. The largest absolute Gasteiger partial charge is 0.360 e. The van der Waals surface area contributed by atoms with Gasteiger partial charge in [-0.3, -0.25) is 4.99 Å². The Morgan fingerprint density at radius 2 is 1.14 bits per heavy atom. The van der Waals surface area contributed by atoms with Crippen molar-refractivity contribution in [1.82, 2.24) is 5.32 Å². The van der Waals surface area contributed by atoms with Gasteiger partial charge < -0.3 is 5.32 Å². The molecule has 1 N–H and O–H groups in total. The molecule has 1 heterocycles. The fourth-order valence-corrected chi connectivity index (χ4v) is 9.67. The number of hydrogen-bond donors (Lipinski definition) is 1. The molecule has 1 spiro atoms. The first-order valence-corrected chi connectivity index (χ1v) is 18.7. The van der Waals surface area contributed by atoms with Crippen LogP contribution in [0.25, 0.3) is 39.1 Å². The van der Waals surface area contributed by atoms with Crippen molar-refractivity contribution in [3.63, 3.8) is 0 Å². The maximum absolute atomic E-state index is 5.12. The van der Waals surface area contributed by atoms with Crippen molar-refractivity contribution in [3.8, 4) is 33.4 Å². The predicted octanol–water partition coefficient (Wildman–Crippen LogP) is 12.0. The predicted molar refractivity (Wildman–Crippen MR) is 212 cm³/mol. The zero-order valence-corrected chi connectivity index (χ0v) is 29.4. The number of nitrogens with one attached hydrogen (secondary N) is 1. The second-order valence-electron chi connectivity index (χ2n) is 15.5. The summed E-state index contributed by atoms with van der Waals surface area (Å²) in [5.41, 5.74) is 20.0. The van der Waals surface area contributed by atoms with E-state index in [0.717, 1.165) is 28.1 Å². The van der Waals surface area contributed by atoms with Crippen LogP contribution in [0.4, 0.5) is 0 Å². The standard InChI is InChI=1S/C49H42N2/c1-48(2)41-19-11-10-18-37(41)39-30-44-40(29-43(39)48)38-28-36(24-25-42(38)49(44)26-12-5-13-27-49)32-20-22-34(23-21-32)46-31-45(33-14-6-3-7-15-33)50-47(51-46)35-16-8-4-9-17-35/h3-4,6-11,14-25,28-31,47,51H,5,12-13,26-27H2,1-2H3. The molecule has 0 aromatic heterocycles. The maximum atomic E-state index is 5.12. The van der Waals surface area contributed by atoms with E-state index in [4.69, 9.17) is 4.99 Å². The van der Waals surface area contributed by atoms with Gasteiger partial charge in [-0.15, -0.1) is 0 Å². The quantitative estimate of drug-likeness (QED) is 0.200. The summed E-state index contributed by atoms with van der Waals surface area (Å²) in [5.74, 6) is 0. The lowest BCUT2D eigenvalue weighted by atomic mass is 9.67. The van der Waals surface area contributed by atoms with Crippen LogP contribution in [0.2, 0.25) is 0 Å². The third kappa shape index (κ3) is 4.73. The number of fused-ring (bicyclic) bond motifs is 8. The minimum atomic E-state index is -0.149. The highest BCUT2D eigenvalue weighted by atomic mass is 15.1. The van der Waals surface area contributed by atoms with Crippen molar-refractivity contribution in [3.05, 3.63) is 185 Å². The molecule has 6 aromatic rings. The number of aliphatic imine (C=N–C) groups is 1. The van der Waals surface area contributed by atoms with E-state index in [1.54, 1.807) is 11.1 Å². The molecule has 51 heavy (non-hydrogen) atoms. The fraction of sp³-hybridized carbons (Fsp3) is 0.204. The maximum Gasteiger partial charge on any atom is 0.145 e. The zero-order chi connectivity index (χ0) is 34.2. The van der Waals surface area contributed by atoms with E-state index in [1.165, 1.54) is 76.6 Å². The van der Waals surface area contributed by atoms with Crippen LogP contribution < -0.4 is 5.32 Å². The summed E-state index contributed by atoms with van der Waals surface area (Å²) in [6.45, 7) is 4.81. The molecule has 6 aromatic carbocycles. The van der Waals surface area contributed by atoms with Crippen LogP contribution in [0.15, 0.2) is 151 Å². The first-order chi connectivity index (χ1) is 25.0. The molecule has 0 bridgehead atoms. The normalized spacial score (nSPS) is 18.9. The molecule has 1 fully saturated rings. The Balaban J connectivity index is 1.04. The Morgan fingerprint density at radius 3 is 1.92 bits per heavy atom. The number of hydrogen-bond acceptors (Lipinski definition) is 2. The Morgan fingerprint density at radius 1 is 0.510 bits per heavy atom. The average molecular weight is 659 g/mol. The first kappa shape index (κ1) is 30.4. The lowest BCUT2D eigenvalue weighted by molar-refractivity contribution is 0.353. The SMILES string of the molecule is CC1(C)c2ccccc2-c2cc3c(cc21)-c1cc(-c2ccc(C4=CC(c5ccccc5)=NC(c5ccccc5)N4)cc2)ccc1C31CCCCC1. The van der Waals surface area contributed by atoms with Gasteiger partial charge in [-0.1, -0.05) is 154 Å². The molecule has 248 valence electrons. The second-order valence-corrected chi connectivity index (χ2v) is 15.5. The lowest BCUT2D eigenvalue weighted by Gasteiger charge is -2.36. The molecule has 10 rings (SSSR count). The third-order valence-electron chi connectivity index (χ3n) is 12.3. The van der Waals surface area contributed by atoms with Crippen LogP contribution in [0.5, 0.6) is 0 Å². The van der Waals surface area contributed by atoms with Gasteiger partial charge in [0.05, 0.1) is 5.71 Å². The molecular weight excluding hydrogens is 617 g/mol. The van der Waals surface area contributed by atoms with Gasteiger partial charge in [0.2, 0.25) is 0 Å². The summed E-state index contributed by atoms with van der Waals surface area (Å²) in [6, 6.07) is 51.8. The smallest absolute Gasteiger partial charge is 0.145 e. The van der Waals surface area contributed by atoms with Gasteiger partial charge in [0, 0.05) is 16.5 Å². The van der Waals surface area contributed by atoms with Gasteiger partial charge in [0.1, 0.15) is 6.17 Å². The fourth-order valence-electron chi connectivity index (χ4n) is 9.67. The Kier molecular flexibility index (Phi) is 6.87. The van der Waals surface area contributed by atoms with Crippen molar-refractivity contribution in [2.75, 3.05) is 0 Å². The highest BCUT2D eigenvalue weighted by molar-refractivity contribution is 6.13. The van der Waals surface area contributed by atoms with Gasteiger partial charge in [0.25, 0.3) is 0 Å². The van der Waals surface area contributed by atoms with Crippen LogP contribution in [-0.4, -0.2) is 5.71 Å². The summed E-state index contributed by atoms with van der Waals surface area (Å²) in [7, 11) is 0. The van der Waals surface area contributed by atoms with E-state index in [2.05, 4.69) is 165 Å². The minimum Gasteiger partial charge on any atom is -0.360 e. The molecular formula is C49H42N2. The lowest BCUT2D eigenvalue weighted by Crippen LogP contribution is -2.28. The van der Waals surface area contributed by atoms with Gasteiger partial charge >= 0.3 is 0 Å². The molecule has 2 nitrogen and oxygen atoms in total. The number of rotatable bonds is 4. The van der Waals surface area contributed by atoms with Gasteiger partial charge in [-0.25, -0.2) is 0 Å². The highest BCUT2D eigenvalue weighted by Crippen LogP contribution is 2.60. The topological polar surface area (TPSA) is 24.4 Å². The van der Waals surface area contributed by atoms with Crippen molar-refractivity contribution in [2.45, 2.75) is 62.9 Å². The van der Waals surface area contributed by atoms with Crippen LogP contribution in [0.1, 0.15) is 91.1 Å². The van der Waals surface area contributed by atoms with Crippen molar-refractivity contribution in [1.29, 1.82) is 0 Å². The monoisotopic (exact) mass is 658 g/mol. The van der Waals surface area contributed by atoms with E-state index in [1.807, 2.05) is 0 Å². The summed E-state index contributed by atoms with van der Waals surface area (Å²) in [6.07, 6.45) is 8.46. The zero-order valence-electron chi connectivity index (χ0n) is 29.4. The van der Waals surface area contributed by atoms with Gasteiger partial charge in [0.15, 0.2) is 0 Å². The molecule has 1 saturated carbocycles. The average Bonchev–Trinajstić information content (AvgIpc) is 3.58. The molecule has 1 unspecified atom stereocenters. The van der Waals surface area contributed by atoms with E-state index in [-0.39, 0.29) is 17.0 Å². The molecule has 0 radical (unpaired) electrons. The first-order valence-electron chi connectivity index (χ1n) is 18.7. The van der Waals surface area contributed by atoms with E-state index in [9.17, 15) is 0 Å². The van der Waals surface area contributed by atoms with Gasteiger partial charge in [-0.2, -0.15) is 0 Å². The molecule has 0 saturated heterocycles. The van der Waals surface area contributed by atoms with Crippen LogP contribution in [0.3, 0.4) is 0 Å². The van der Waals surface area contributed by atoms with Crippen molar-refractivity contribution < 1.29 is 0 Å². The summed E-state index contributed by atoms with van der Waals surface area (Å²) >= 11 is 0. The summed E-state index contributed by atoms with van der Waals surface area (Å²) in [5, 5.41) is 3.73. The summed E-state index contributed by atoms with van der Waals surface area (Å²) < 4.78 is 0. The molecule has 3 aliphatic carbocycles.